The van der Waals surface area contributed by atoms with Crippen molar-refractivity contribution in [1.82, 2.24) is 0 Å². The molecule has 0 N–H and O–H groups in total. The maximum atomic E-state index is 4.65. The van der Waals surface area contributed by atoms with Crippen molar-refractivity contribution in [1.29, 1.82) is 0 Å². The minimum absolute atomic E-state index is 1.02. The first-order valence-corrected chi connectivity index (χ1v) is 5.13. The highest BCUT2D eigenvalue weighted by Crippen LogP contribution is 2.24. The minimum Gasteiger partial charge on any atom is -0.257 e. The van der Waals surface area contributed by atoms with Crippen LogP contribution in [0, 0.1) is 0 Å². The smallest absolute Gasteiger partial charge is 0.0520 e. The van der Waals surface area contributed by atoms with E-state index < -0.39 is 0 Å². The summed E-state index contributed by atoms with van der Waals surface area (Å²) in [6.45, 7) is 4.34. The Morgan fingerprint density at radius 1 is 1.21 bits per heavy atom. The molecular weight excluding hydrogens is 170 g/mol. The molecule has 1 aliphatic heterocycles. The lowest BCUT2D eigenvalue weighted by Gasteiger charge is -1.99. The quantitative estimate of drug-likeness (QED) is 0.668. The maximum Gasteiger partial charge on any atom is 0.0520 e. The molecule has 0 fully saturated rings. The number of hydrogen-bond acceptors (Lipinski definition) is 1. The summed E-state index contributed by atoms with van der Waals surface area (Å²) in [7, 11) is 0. The van der Waals surface area contributed by atoms with Crippen LogP contribution in [0.3, 0.4) is 0 Å². The van der Waals surface area contributed by atoms with Crippen molar-refractivity contribution in [2.45, 2.75) is 26.7 Å². The summed E-state index contributed by atoms with van der Waals surface area (Å²) >= 11 is 0. The Hall–Kier alpha value is -1.37. The van der Waals surface area contributed by atoms with Crippen LogP contribution in [-0.4, -0.2) is 5.71 Å². The molecule has 0 saturated heterocycles. The molecule has 1 heterocycles. The molecule has 1 aliphatic rings. The van der Waals surface area contributed by atoms with Gasteiger partial charge in [0.05, 0.1) is 5.71 Å². The summed E-state index contributed by atoms with van der Waals surface area (Å²) < 4.78 is 0. The number of benzene rings is 1. The molecule has 72 valence electrons. The Kier molecular flexibility index (Phi) is 2.49. The molecule has 1 nitrogen and oxygen atoms in total. The molecule has 0 saturated carbocycles. The highest BCUT2D eigenvalue weighted by atomic mass is 14.8. The van der Waals surface area contributed by atoms with Gasteiger partial charge in [-0.3, -0.25) is 4.99 Å². The number of aliphatic imine (C=N–C) groups is 1. The summed E-state index contributed by atoms with van der Waals surface area (Å²) in [5.74, 6) is 0. The fourth-order valence-electron chi connectivity index (χ4n) is 1.83. The molecule has 0 aliphatic carbocycles. The number of hydrogen-bond donors (Lipinski definition) is 0. The number of allylic oxidation sites excluding steroid dienone is 2. The number of rotatable bonds is 2. The summed E-state index contributed by atoms with van der Waals surface area (Å²) in [6, 6.07) is 10.4. The zero-order valence-corrected chi connectivity index (χ0v) is 8.75. The lowest BCUT2D eigenvalue weighted by atomic mass is 10.1. The predicted octanol–water partition coefficient (Wildman–Crippen LogP) is 3.56. The fourth-order valence-corrected chi connectivity index (χ4v) is 1.83. The van der Waals surface area contributed by atoms with Gasteiger partial charge in [-0.05, 0) is 24.5 Å². The van der Waals surface area contributed by atoms with Crippen LogP contribution in [0.15, 0.2) is 46.6 Å². The molecule has 0 radical (unpaired) electrons. The van der Waals surface area contributed by atoms with Gasteiger partial charge in [0.1, 0.15) is 0 Å². The van der Waals surface area contributed by atoms with E-state index in [2.05, 4.69) is 43.1 Å². The molecule has 14 heavy (non-hydrogen) atoms. The van der Waals surface area contributed by atoms with E-state index in [-0.39, 0.29) is 0 Å². The third-order valence-electron chi connectivity index (χ3n) is 2.64. The fraction of sp³-hybridized carbons (Fsp3) is 0.308. The van der Waals surface area contributed by atoms with Crippen LogP contribution in [0.2, 0.25) is 0 Å². The van der Waals surface area contributed by atoms with Gasteiger partial charge in [-0.2, -0.15) is 0 Å². The molecule has 2 rings (SSSR count). The van der Waals surface area contributed by atoms with Gasteiger partial charge in [0.25, 0.3) is 0 Å². The lowest BCUT2D eigenvalue weighted by Crippen LogP contribution is -1.96. The second kappa shape index (κ2) is 3.79. The topological polar surface area (TPSA) is 12.4 Å². The predicted molar refractivity (Wildman–Crippen MR) is 60.6 cm³/mol. The Labute approximate surface area is 85.2 Å². The molecule has 0 unspecified atom stereocenters. The molecule has 0 amide bonds. The van der Waals surface area contributed by atoms with Crippen molar-refractivity contribution in [3.05, 3.63) is 47.2 Å². The van der Waals surface area contributed by atoms with Crippen LogP contribution < -0.4 is 0 Å². The van der Waals surface area contributed by atoms with Crippen molar-refractivity contribution in [3.8, 4) is 0 Å². The molecular formula is C13H15N. The second-order valence-electron chi connectivity index (χ2n) is 3.68. The van der Waals surface area contributed by atoms with Crippen molar-refractivity contribution in [2.75, 3.05) is 0 Å². The standard InChI is InChI=1S/C13H15N/c1-3-12-10(2)9-13(14-12)11-7-5-4-6-8-11/h4-8H,3,9H2,1-2H3. The van der Waals surface area contributed by atoms with Gasteiger partial charge in [0.15, 0.2) is 0 Å². The molecule has 1 aromatic rings. The first kappa shape index (κ1) is 9.20. The van der Waals surface area contributed by atoms with E-state index in [1.165, 1.54) is 22.5 Å². The van der Waals surface area contributed by atoms with Crippen LogP contribution >= 0.6 is 0 Å². The highest BCUT2D eigenvalue weighted by Gasteiger charge is 2.13. The van der Waals surface area contributed by atoms with Crippen molar-refractivity contribution < 1.29 is 0 Å². The summed E-state index contributed by atoms with van der Waals surface area (Å²) in [4.78, 5) is 4.65. The summed E-state index contributed by atoms with van der Waals surface area (Å²) in [5.41, 5.74) is 5.17. The lowest BCUT2D eigenvalue weighted by molar-refractivity contribution is 1.04. The van der Waals surface area contributed by atoms with Gasteiger partial charge in [-0.25, -0.2) is 0 Å². The van der Waals surface area contributed by atoms with E-state index in [1.807, 2.05) is 6.07 Å². The highest BCUT2D eigenvalue weighted by molar-refractivity contribution is 6.04. The first-order valence-electron chi connectivity index (χ1n) is 5.13. The van der Waals surface area contributed by atoms with Crippen LogP contribution in [0.4, 0.5) is 0 Å². The third kappa shape index (κ3) is 1.63. The zero-order valence-electron chi connectivity index (χ0n) is 8.75. The summed E-state index contributed by atoms with van der Waals surface area (Å²) in [6.07, 6.45) is 2.06. The Bertz CT molecular complexity index is 385. The maximum absolute atomic E-state index is 4.65. The molecule has 1 aromatic carbocycles. The van der Waals surface area contributed by atoms with Crippen molar-refractivity contribution in [3.63, 3.8) is 0 Å². The third-order valence-corrected chi connectivity index (χ3v) is 2.64. The molecule has 0 bridgehead atoms. The monoisotopic (exact) mass is 185 g/mol. The van der Waals surface area contributed by atoms with Crippen LogP contribution in [0.5, 0.6) is 0 Å². The first-order chi connectivity index (χ1) is 6.81. The van der Waals surface area contributed by atoms with Gasteiger partial charge in [0, 0.05) is 12.1 Å². The molecule has 0 spiro atoms. The number of nitrogens with zero attached hydrogens (tertiary/aromatic N) is 1. The zero-order chi connectivity index (χ0) is 9.97. The normalized spacial score (nSPS) is 16.0. The summed E-state index contributed by atoms with van der Waals surface area (Å²) in [5, 5.41) is 0. The van der Waals surface area contributed by atoms with Crippen LogP contribution in [-0.2, 0) is 0 Å². The van der Waals surface area contributed by atoms with E-state index >= 15 is 0 Å². The molecule has 0 aromatic heterocycles. The van der Waals surface area contributed by atoms with Gasteiger partial charge >= 0.3 is 0 Å². The van der Waals surface area contributed by atoms with Crippen LogP contribution in [0.1, 0.15) is 32.3 Å². The van der Waals surface area contributed by atoms with Gasteiger partial charge in [-0.1, -0.05) is 37.3 Å². The Morgan fingerprint density at radius 3 is 2.50 bits per heavy atom. The Balaban J connectivity index is 2.27. The van der Waals surface area contributed by atoms with E-state index in [1.54, 1.807) is 0 Å². The van der Waals surface area contributed by atoms with E-state index in [0.717, 1.165) is 12.8 Å². The average molecular weight is 185 g/mol. The van der Waals surface area contributed by atoms with E-state index in [0.29, 0.717) is 0 Å². The second-order valence-corrected chi connectivity index (χ2v) is 3.68. The average Bonchev–Trinajstić information content (AvgIpc) is 2.61. The SMILES string of the molecule is CCC1=C(C)CC(c2ccccc2)=N1. The molecule has 1 heteroatoms. The van der Waals surface area contributed by atoms with E-state index in [4.69, 9.17) is 0 Å². The molecule has 0 atom stereocenters. The Morgan fingerprint density at radius 2 is 1.93 bits per heavy atom. The minimum atomic E-state index is 1.02. The van der Waals surface area contributed by atoms with Crippen molar-refractivity contribution >= 4 is 5.71 Å². The van der Waals surface area contributed by atoms with E-state index in [9.17, 15) is 0 Å². The van der Waals surface area contributed by atoms with Crippen molar-refractivity contribution in [2.24, 2.45) is 4.99 Å². The van der Waals surface area contributed by atoms with Crippen LogP contribution in [0.25, 0.3) is 0 Å². The van der Waals surface area contributed by atoms with Gasteiger partial charge in [0.2, 0.25) is 0 Å². The van der Waals surface area contributed by atoms with Gasteiger partial charge in [-0.15, -0.1) is 0 Å². The largest absolute Gasteiger partial charge is 0.257 e. The van der Waals surface area contributed by atoms with Gasteiger partial charge < -0.3 is 0 Å².